The molecule has 0 aliphatic carbocycles. The summed E-state index contributed by atoms with van der Waals surface area (Å²) in [6, 6.07) is 4.24. The molecule has 0 heterocycles. The van der Waals surface area contributed by atoms with Crippen molar-refractivity contribution in [3.8, 4) is 5.75 Å². The van der Waals surface area contributed by atoms with Crippen molar-refractivity contribution in [2.75, 3.05) is 12.4 Å². The molecule has 0 amide bonds. The smallest absolute Gasteiger partial charge is 0.329 e. The van der Waals surface area contributed by atoms with E-state index in [9.17, 15) is 9.18 Å². The lowest BCUT2D eigenvalue weighted by Gasteiger charge is -2.04. The lowest BCUT2D eigenvalue weighted by Crippen LogP contribution is -1.94. The quantitative estimate of drug-likeness (QED) is 0.746. The van der Waals surface area contributed by atoms with Crippen LogP contribution in [-0.2, 0) is 4.79 Å². The van der Waals surface area contributed by atoms with Crippen molar-refractivity contribution in [2.45, 2.75) is 0 Å². The van der Waals surface area contributed by atoms with Crippen LogP contribution in [-0.4, -0.2) is 18.2 Å². The Morgan fingerprint density at radius 1 is 1.60 bits per heavy atom. The monoisotopic (exact) mass is 211 g/mol. The molecule has 0 aromatic heterocycles. The van der Waals surface area contributed by atoms with E-state index in [1.54, 1.807) is 6.07 Å². The molecule has 0 saturated carbocycles. The van der Waals surface area contributed by atoms with Gasteiger partial charge in [0.1, 0.15) is 0 Å². The van der Waals surface area contributed by atoms with Gasteiger partial charge in [0.05, 0.1) is 7.11 Å². The molecule has 4 nitrogen and oxygen atoms in total. The highest BCUT2D eigenvalue weighted by Gasteiger charge is 2.01. The first kappa shape index (κ1) is 11.0. The van der Waals surface area contributed by atoms with Crippen molar-refractivity contribution in [1.29, 1.82) is 0 Å². The Hall–Kier alpha value is -2.04. The minimum atomic E-state index is -1.07. The van der Waals surface area contributed by atoms with E-state index in [2.05, 4.69) is 5.32 Å². The predicted octanol–water partition coefficient (Wildman–Crippen LogP) is 1.84. The number of aliphatic carboxylic acids is 1. The van der Waals surface area contributed by atoms with Crippen LogP contribution in [0.4, 0.5) is 10.1 Å². The van der Waals surface area contributed by atoms with Gasteiger partial charge in [0.25, 0.3) is 0 Å². The summed E-state index contributed by atoms with van der Waals surface area (Å²) in [7, 11) is 1.37. The van der Waals surface area contributed by atoms with Crippen LogP contribution < -0.4 is 10.1 Å². The van der Waals surface area contributed by atoms with Crippen molar-refractivity contribution in [3.05, 3.63) is 36.3 Å². The molecule has 0 spiro atoms. The Morgan fingerprint density at radius 2 is 2.33 bits per heavy atom. The van der Waals surface area contributed by atoms with Crippen LogP contribution in [0.5, 0.6) is 5.75 Å². The van der Waals surface area contributed by atoms with Gasteiger partial charge in [-0.3, -0.25) is 0 Å². The van der Waals surface area contributed by atoms with Gasteiger partial charge in [-0.05, 0) is 12.1 Å². The zero-order valence-corrected chi connectivity index (χ0v) is 8.03. The molecule has 0 unspecified atom stereocenters. The second-order valence-corrected chi connectivity index (χ2v) is 2.67. The molecular weight excluding hydrogens is 201 g/mol. The predicted molar refractivity (Wildman–Crippen MR) is 53.4 cm³/mol. The molecule has 1 aromatic carbocycles. The van der Waals surface area contributed by atoms with Crippen LogP contribution in [0.1, 0.15) is 0 Å². The number of carboxylic acids is 1. The average Bonchev–Trinajstić information content (AvgIpc) is 2.17. The van der Waals surface area contributed by atoms with Crippen molar-refractivity contribution in [3.63, 3.8) is 0 Å². The molecule has 0 bridgehead atoms. The number of benzene rings is 1. The maximum atomic E-state index is 13.1. The number of hydrogen-bond acceptors (Lipinski definition) is 3. The van der Waals surface area contributed by atoms with E-state index in [4.69, 9.17) is 9.84 Å². The summed E-state index contributed by atoms with van der Waals surface area (Å²) in [5, 5.41) is 10.9. The molecule has 2 N–H and O–H groups in total. The van der Waals surface area contributed by atoms with Gasteiger partial charge in [-0.2, -0.15) is 0 Å². The second-order valence-electron chi connectivity index (χ2n) is 2.67. The summed E-state index contributed by atoms with van der Waals surface area (Å²) >= 11 is 0. The standard InChI is InChI=1S/C10H10FNO3/c1-15-9-3-2-7(6-8(9)11)12-5-4-10(13)14/h2-6,12H,1H3,(H,13,14)/b5-4+. The average molecular weight is 211 g/mol. The summed E-state index contributed by atoms with van der Waals surface area (Å²) in [5.74, 6) is -1.44. The fourth-order valence-corrected chi connectivity index (χ4v) is 0.965. The highest BCUT2D eigenvalue weighted by atomic mass is 19.1. The molecule has 15 heavy (non-hydrogen) atoms. The fraction of sp³-hybridized carbons (Fsp3) is 0.100. The third kappa shape index (κ3) is 3.30. The van der Waals surface area contributed by atoms with Gasteiger partial charge in [0.2, 0.25) is 0 Å². The van der Waals surface area contributed by atoms with Gasteiger partial charge in [-0.15, -0.1) is 0 Å². The minimum Gasteiger partial charge on any atom is -0.494 e. The van der Waals surface area contributed by atoms with Crippen molar-refractivity contribution in [1.82, 2.24) is 0 Å². The van der Waals surface area contributed by atoms with Gasteiger partial charge >= 0.3 is 5.97 Å². The summed E-state index contributed by atoms with van der Waals surface area (Å²) in [6.45, 7) is 0. The first-order chi connectivity index (χ1) is 7.13. The van der Waals surface area contributed by atoms with E-state index in [1.807, 2.05) is 0 Å². The molecule has 1 aromatic rings. The number of carbonyl (C=O) groups is 1. The van der Waals surface area contributed by atoms with Crippen LogP contribution >= 0.6 is 0 Å². The maximum Gasteiger partial charge on any atom is 0.329 e. The highest BCUT2D eigenvalue weighted by Crippen LogP contribution is 2.20. The number of halogens is 1. The van der Waals surface area contributed by atoms with Crippen LogP contribution in [0.2, 0.25) is 0 Å². The van der Waals surface area contributed by atoms with Crippen LogP contribution in [0.15, 0.2) is 30.5 Å². The first-order valence-corrected chi connectivity index (χ1v) is 4.13. The molecule has 0 aliphatic heterocycles. The van der Waals surface area contributed by atoms with Gasteiger partial charge in [0, 0.05) is 24.0 Å². The molecule has 80 valence electrons. The fourth-order valence-electron chi connectivity index (χ4n) is 0.965. The Balaban J connectivity index is 2.71. The summed E-state index contributed by atoms with van der Waals surface area (Å²) in [5.41, 5.74) is 0.450. The van der Waals surface area contributed by atoms with E-state index in [0.717, 1.165) is 6.08 Å². The van der Waals surface area contributed by atoms with Crippen LogP contribution in [0.3, 0.4) is 0 Å². The zero-order valence-electron chi connectivity index (χ0n) is 8.03. The first-order valence-electron chi connectivity index (χ1n) is 4.13. The molecule has 0 saturated heterocycles. The maximum absolute atomic E-state index is 13.1. The number of nitrogens with one attached hydrogen (secondary N) is 1. The number of hydrogen-bond donors (Lipinski definition) is 2. The summed E-state index contributed by atoms with van der Waals surface area (Å²) < 4.78 is 17.9. The van der Waals surface area contributed by atoms with Gasteiger partial charge in [0.15, 0.2) is 11.6 Å². The highest BCUT2D eigenvalue weighted by molar-refractivity contribution is 5.80. The molecule has 0 fully saturated rings. The van der Waals surface area contributed by atoms with Crippen LogP contribution in [0, 0.1) is 5.82 Å². The van der Waals surface area contributed by atoms with Crippen molar-refractivity contribution in [2.24, 2.45) is 0 Å². The molecular formula is C10H10FNO3. The Bertz CT molecular complexity index is 390. The summed E-state index contributed by atoms with van der Waals surface area (Å²) in [6.07, 6.45) is 2.13. The molecule has 5 heteroatoms. The Morgan fingerprint density at radius 3 is 2.87 bits per heavy atom. The lowest BCUT2D eigenvalue weighted by molar-refractivity contribution is -0.131. The van der Waals surface area contributed by atoms with Gasteiger partial charge in [-0.25, -0.2) is 9.18 Å². The number of methoxy groups -OCH3 is 1. The van der Waals surface area contributed by atoms with E-state index < -0.39 is 11.8 Å². The van der Waals surface area contributed by atoms with Crippen molar-refractivity contribution < 1.29 is 19.0 Å². The molecule has 0 radical (unpaired) electrons. The largest absolute Gasteiger partial charge is 0.494 e. The third-order valence-electron chi connectivity index (χ3n) is 1.63. The number of anilines is 1. The minimum absolute atomic E-state index is 0.141. The van der Waals surface area contributed by atoms with Crippen LogP contribution in [0.25, 0.3) is 0 Å². The molecule has 0 atom stereocenters. The van der Waals surface area contributed by atoms with Crippen molar-refractivity contribution >= 4 is 11.7 Å². The Kier molecular flexibility index (Phi) is 3.68. The van der Waals surface area contributed by atoms with Gasteiger partial charge in [-0.1, -0.05) is 0 Å². The molecule has 1 rings (SSSR count). The van der Waals surface area contributed by atoms with E-state index in [-0.39, 0.29) is 5.75 Å². The normalized spacial score (nSPS) is 10.3. The SMILES string of the molecule is COc1ccc(N/C=C/C(=O)O)cc1F. The van der Waals surface area contributed by atoms with E-state index >= 15 is 0 Å². The van der Waals surface area contributed by atoms with Gasteiger partial charge < -0.3 is 15.2 Å². The second kappa shape index (κ2) is 4.99. The third-order valence-corrected chi connectivity index (χ3v) is 1.63. The zero-order chi connectivity index (χ0) is 11.3. The number of ether oxygens (including phenoxy) is 1. The lowest BCUT2D eigenvalue weighted by atomic mass is 10.3. The number of carboxylic acid groups (broad SMARTS) is 1. The van der Waals surface area contributed by atoms with E-state index in [1.165, 1.54) is 25.4 Å². The molecule has 0 aliphatic rings. The number of rotatable bonds is 4. The summed E-state index contributed by atoms with van der Waals surface area (Å²) in [4.78, 5) is 10.1. The topological polar surface area (TPSA) is 58.6 Å². The Labute approximate surface area is 86.0 Å². The van der Waals surface area contributed by atoms with E-state index in [0.29, 0.717) is 5.69 Å².